The molecule has 0 atom stereocenters. The number of fused-ring (bicyclic) bond motifs is 1. The number of aromatic nitrogens is 2. The number of imidazole rings is 1. The van der Waals surface area contributed by atoms with Crippen LogP contribution in [0.15, 0.2) is 48.5 Å². The predicted octanol–water partition coefficient (Wildman–Crippen LogP) is 4.32. The molecule has 0 saturated carbocycles. The van der Waals surface area contributed by atoms with Crippen LogP contribution in [0.3, 0.4) is 0 Å². The number of rotatable bonds is 6. The van der Waals surface area contributed by atoms with Gasteiger partial charge in [-0.1, -0.05) is 44.2 Å². The summed E-state index contributed by atoms with van der Waals surface area (Å²) in [5.74, 6) is 1.76. The summed E-state index contributed by atoms with van der Waals surface area (Å²) in [5, 5.41) is 0. The van der Waals surface area contributed by atoms with E-state index in [1.54, 1.807) is 7.11 Å². The maximum Gasteiger partial charge on any atom is 0.228 e. The molecule has 0 radical (unpaired) electrons. The van der Waals surface area contributed by atoms with Gasteiger partial charge in [-0.2, -0.15) is 0 Å². The number of carbonyl (C=O) groups excluding carboxylic acids is 1. The summed E-state index contributed by atoms with van der Waals surface area (Å²) < 4.78 is 7.35. The first-order valence-electron chi connectivity index (χ1n) is 8.24. The van der Waals surface area contributed by atoms with Crippen LogP contribution in [0.2, 0.25) is 0 Å². The molecule has 1 heterocycles. The topological polar surface area (TPSA) is 44.1 Å². The van der Waals surface area contributed by atoms with Gasteiger partial charge in [0.15, 0.2) is 5.82 Å². The fourth-order valence-corrected chi connectivity index (χ4v) is 2.74. The molecule has 0 saturated heterocycles. The number of hydrogen-bond acceptors (Lipinski definition) is 3. The predicted molar refractivity (Wildman–Crippen MR) is 95.6 cm³/mol. The molecule has 0 unspecified atom stereocenters. The molecule has 0 fully saturated rings. The molecule has 0 N–H and O–H groups in total. The molecular formula is C20H22N2O2. The van der Waals surface area contributed by atoms with Gasteiger partial charge >= 0.3 is 0 Å². The maximum atomic E-state index is 12.9. The first-order valence-corrected chi connectivity index (χ1v) is 8.24. The van der Waals surface area contributed by atoms with Crippen LogP contribution in [0.5, 0.6) is 5.75 Å². The molecule has 0 amide bonds. The standard InChI is InChI=1S/C20H22N2O2/c1-14(2)11-12-22-18-13-16(24-3)9-10-17(18)21-20(22)19(23)15-7-5-4-6-8-15/h4-10,13-14H,11-12H2,1-3H3. The Morgan fingerprint density at radius 2 is 1.92 bits per heavy atom. The van der Waals surface area contributed by atoms with Crippen molar-refractivity contribution in [2.45, 2.75) is 26.8 Å². The van der Waals surface area contributed by atoms with E-state index in [-0.39, 0.29) is 5.78 Å². The second-order valence-electron chi connectivity index (χ2n) is 6.32. The molecule has 1 aromatic heterocycles. The third kappa shape index (κ3) is 3.18. The Labute approximate surface area is 142 Å². The fraction of sp³-hybridized carbons (Fsp3) is 0.300. The van der Waals surface area contributed by atoms with Gasteiger partial charge in [0.1, 0.15) is 5.75 Å². The minimum atomic E-state index is -0.0467. The Bertz CT molecular complexity index is 851. The SMILES string of the molecule is COc1ccc2nc(C(=O)c3ccccc3)n(CCC(C)C)c2c1. The molecule has 124 valence electrons. The lowest BCUT2D eigenvalue weighted by atomic mass is 10.1. The van der Waals surface area contributed by atoms with Crippen molar-refractivity contribution >= 4 is 16.8 Å². The van der Waals surface area contributed by atoms with E-state index in [1.165, 1.54) is 0 Å². The van der Waals surface area contributed by atoms with Gasteiger partial charge in [-0.25, -0.2) is 4.98 Å². The van der Waals surface area contributed by atoms with E-state index in [4.69, 9.17) is 4.74 Å². The highest BCUT2D eigenvalue weighted by atomic mass is 16.5. The summed E-state index contributed by atoms with van der Waals surface area (Å²) in [5.41, 5.74) is 2.42. The van der Waals surface area contributed by atoms with Crippen molar-refractivity contribution in [1.29, 1.82) is 0 Å². The zero-order valence-electron chi connectivity index (χ0n) is 14.3. The summed E-state index contributed by atoms with van der Waals surface area (Å²) >= 11 is 0. The molecule has 4 nitrogen and oxygen atoms in total. The normalized spacial score (nSPS) is 11.2. The molecule has 0 spiro atoms. The molecule has 3 rings (SSSR count). The molecule has 0 bridgehead atoms. The van der Waals surface area contributed by atoms with Crippen molar-refractivity contribution in [1.82, 2.24) is 9.55 Å². The van der Waals surface area contributed by atoms with Crippen LogP contribution in [0.1, 0.15) is 36.5 Å². The summed E-state index contributed by atoms with van der Waals surface area (Å²) in [6, 6.07) is 15.0. The first kappa shape index (κ1) is 16.2. The second-order valence-corrected chi connectivity index (χ2v) is 6.32. The summed E-state index contributed by atoms with van der Waals surface area (Å²) in [6.45, 7) is 5.12. The van der Waals surface area contributed by atoms with E-state index < -0.39 is 0 Å². The van der Waals surface area contributed by atoms with Gasteiger partial charge in [0.05, 0.1) is 18.1 Å². The number of methoxy groups -OCH3 is 1. The highest BCUT2D eigenvalue weighted by molar-refractivity contribution is 6.08. The number of nitrogens with zero attached hydrogens (tertiary/aromatic N) is 2. The summed E-state index contributed by atoms with van der Waals surface area (Å²) in [6.07, 6.45) is 0.984. The van der Waals surface area contributed by atoms with E-state index in [2.05, 4.69) is 18.8 Å². The molecule has 0 aliphatic rings. The molecule has 0 aliphatic heterocycles. The number of carbonyl (C=O) groups is 1. The average Bonchev–Trinajstić information content (AvgIpc) is 2.97. The fourth-order valence-electron chi connectivity index (χ4n) is 2.74. The van der Waals surface area contributed by atoms with E-state index >= 15 is 0 Å². The van der Waals surface area contributed by atoms with Gasteiger partial charge < -0.3 is 9.30 Å². The van der Waals surface area contributed by atoms with E-state index in [0.29, 0.717) is 17.3 Å². The summed E-state index contributed by atoms with van der Waals surface area (Å²) in [7, 11) is 1.64. The van der Waals surface area contributed by atoms with Gasteiger partial charge in [0, 0.05) is 18.2 Å². The van der Waals surface area contributed by atoms with Crippen molar-refractivity contribution in [3.05, 3.63) is 59.9 Å². The zero-order valence-corrected chi connectivity index (χ0v) is 14.3. The van der Waals surface area contributed by atoms with Gasteiger partial charge in [-0.05, 0) is 24.5 Å². The third-order valence-electron chi connectivity index (χ3n) is 4.12. The molecule has 0 aliphatic carbocycles. The van der Waals surface area contributed by atoms with Crippen molar-refractivity contribution in [2.75, 3.05) is 7.11 Å². The largest absolute Gasteiger partial charge is 0.497 e. The van der Waals surface area contributed by atoms with Crippen LogP contribution in [-0.4, -0.2) is 22.4 Å². The zero-order chi connectivity index (χ0) is 17.1. The lowest BCUT2D eigenvalue weighted by molar-refractivity contribution is 0.102. The number of ketones is 1. The Hall–Kier alpha value is -2.62. The molecule has 2 aromatic carbocycles. The second kappa shape index (κ2) is 6.87. The summed E-state index contributed by atoms with van der Waals surface area (Å²) in [4.78, 5) is 17.5. The number of ether oxygens (including phenoxy) is 1. The van der Waals surface area contributed by atoms with Crippen LogP contribution in [0, 0.1) is 5.92 Å². The number of hydrogen-bond donors (Lipinski definition) is 0. The Balaban J connectivity index is 2.11. The lowest BCUT2D eigenvalue weighted by Crippen LogP contribution is -2.13. The van der Waals surface area contributed by atoms with Crippen LogP contribution in [0.4, 0.5) is 0 Å². The van der Waals surface area contributed by atoms with E-state index in [0.717, 1.165) is 29.7 Å². The smallest absolute Gasteiger partial charge is 0.228 e. The lowest BCUT2D eigenvalue weighted by Gasteiger charge is -2.11. The molecule has 3 aromatic rings. The minimum Gasteiger partial charge on any atom is -0.497 e. The van der Waals surface area contributed by atoms with Crippen LogP contribution < -0.4 is 4.74 Å². The minimum absolute atomic E-state index is 0.0467. The number of benzene rings is 2. The number of aryl methyl sites for hydroxylation is 1. The average molecular weight is 322 g/mol. The maximum absolute atomic E-state index is 12.9. The van der Waals surface area contributed by atoms with Crippen molar-refractivity contribution < 1.29 is 9.53 Å². The van der Waals surface area contributed by atoms with Gasteiger partial charge in [0.2, 0.25) is 5.78 Å². The van der Waals surface area contributed by atoms with Gasteiger partial charge in [0.25, 0.3) is 0 Å². The third-order valence-corrected chi connectivity index (χ3v) is 4.12. The van der Waals surface area contributed by atoms with Crippen molar-refractivity contribution in [2.24, 2.45) is 5.92 Å². The van der Waals surface area contributed by atoms with Gasteiger partial charge in [-0.15, -0.1) is 0 Å². The monoisotopic (exact) mass is 322 g/mol. The Kier molecular flexibility index (Phi) is 4.65. The van der Waals surface area contributed by atoms with Gasteiger partial charge in [-0.3, -0.25) is 4.79 Å². The van der Waals surface area contributed by atoms with Crippen molar-refractivity contribution in [3.8, 4) is 5.75 Å². The van der Waals surface area contributed by atoms with Crippen LogP contribution >= 0.6 is 0 Å². The van der Waals surface area contributed by atoms with Crippen molar-refractivity contribution in [3.63, 3.8) is 0 Å². The Morgan fingerprint density at radius 1 is 1.17 bits per heavy atom. The molecule has 4 heteroatoms. The van der Waals surface area contributed by atoms with Crippen LogP contribution in [-0.2, 0) is 6.54 Å². The quantitative estimate of drug-likeness (QED) is 0.635. The molecule has 24 heavy (non-hydrogen) atoms. The first-order chi connectivity index (χ1) is 11.6. The molecular weight excluding hydrogens is 300 g/mol. The van der Waals surface area contributed by atoms with Crippen LogP contribution in [0.25, 0.3) is 11.0 Å². The Morgan fingerprint density at radius 3 is 2.58 bits per heavy atom. The highest BCUT2D eigenvalue weighted by Crippen LogP contribution is 2.24. The highest BCUT2D eigenvalue weighted by Gasteiger charge is 2.19. The van der Waals surface area contributed by atoms with E-state index in [1.807, 2.05) is 53.1 Å². The van der Waals surface area contributed by atoms with E-state index in [9.17, 15) is 4.79 Å².